The van der Waals surface area contributed by atoms with Gasteiger partial charge in [0, 0.05) is 24.6 Å². The number of nitrogens with zero attached hydrogens (tertiary/aromatic N) is 2. The molecule has 1 aromatic rings. The molecule has 0 bridgehead atoms. The molecule has 1 fully saturated rings. The van der Waals surface area contributed by atoms with E-state index in [9.17, 15) is 9.90 Å². The minimum Gasteiger partial charge on any atom is -0.394 e. The lowest BCUT2D eigenvalue weighted by atomic mass is 10.0. The summed E-state index contributed by atoms with van der Waals surface area (Å²) in [5.74, 6) is 0.415. The van der Waals surface area contributed by atoms with Crippen LogP contribution in [0.3, 0.4) is 0 Å². The highest BCUT2D eigenvalue weighted by atomic mass is 16.7. The summed E-state index contributed by atoms with van der Waals surface area (Å²) < 4.78 is 6.90. The smallest absolute Gasteiger partial charge is 0.351 e. The predicted molar refractivity (Wildman–Crippen MR) is 81.7 cm³/mol. The fraction of sp³-hybridized carbons (Fsp3) is 0.600. The maximum atomic E-state index is 12.2. The maximum absolute atomic E-state index is 12.2. The summed E-state index contributed by atoms with van der Waals surface area (Å²) in [4.78, 5) is 21.6. The van der Waals surface area contributed by atoms with Crippen LogP contribution in [-0.2, 0) is 16.0 Å². The molecule has 1 saturated heterocycles. The Bertz CT molecular complexity index is 632. The number of aliphatic hydroxyl groups excluding tert-OH is 2. The third-order valence-corrected chi connectivity index (χ3v) is 4.18. The maximum Gasteiger partial charge on any atom is 0.351 e. The van der Waals surface area contributed by atoms with Crippen LogP contribution in [0.2, 0.25) is 0 Å². The second-order valence-corrected chi connectivity index (χ2v) is 5.83. The number of rotatable bonds is 5. The molecule has 8 nitrogen and oxygen atoms in total. The van der Waals surface area contributed by atoms with E-state index in [4.69, 9.17) is 14.7 Å². The van der Waals surface area contributed by atoms with Crippen molar-refractivity contribution in [1.82, 2.24) is 9.55 Å². The van der Waals surface area contributed by atoms with Crippen LogP contribution in [0.5, 0.6) is 0 Å². The molecule has 2 aliphatic heterocycles. The second kappa shape index (κ2) is 6.79. The molecule has 0 aliphatic carbocycles. The van der Waals surface area contributed by atoms with Crippen molar-refractivity contribution in [2.45, 2.75) is 50.2 Å². The second-order valence-electron chi connectivity index (χ2n) is 5.83. The average Bonchev–Trinajstić information content (AvgIpc) is 2.93. The SMILES string of the molecule is C=CCCC1Cc2cn(C3C[C@H](O)[C@@H](CO)O3)c(=O)nc2NO1. The first kappa shape index (κ1) is 16.1. The van der Waals surface area contributed by atoms with Crippen molar-refractivity contribution in [1.29, 1.82) is 0 Å². The van der Waals surface area contributed by atoms with E-state index in [-0.39, 0.29) is 19.1 Å². The normalized spacial score (nSPS) is 29.8. The van der Waals surface area contributed by atoms with Crippen LogP contribution < -0.4 is 11.2 Å². The number of anilines is 1. The lowest BCUT2D eigenvalue weighted by molar-refractivity contribution is -0.0460. The lowest BCUT2D eigenvalue weighted by Crippen LogP contribution is -2.33. The third-order valence-electron chi connectivity index (χ3n) is 4.18. The van der Waals surface area contributed by atoms with Gasteiger partial charge in [-0.05, 0) is 12.8 Å². The number of aromatic nitrogens is 2. The summed E-state index contributed by atoms with van der Waals surface area (Å²) in [6.45, 7) is 3.41. The molecular formula is C15H21N3O5. The standard InChI is InChI=1S/C15H21N3O5/c1-2-3-4-10-5-9-7-18(15(21)16-14(9)17-23-10)13-6-11(20)12(8-19)22-13/h2,7,10-13,19-20H,1,3-6,8H2,(H,16,17,21)/t10?,11-,12+,13?/m0/s1. The molecule has 1 aromatic heterocycles. The molecule has 0 aromatic carbocycles. The van der Waals surface area contributed by atoms with Gasteiger partial charge in [0.2, 0.25) is 0 Å². The van der Waals surface area contributed by atoms with Gasteiger partial charge in [-0.15, -0.1) is 6.58 Å². The van der Waals surface area contributed by atoms with Gasteiger partial charge in [-0.2, -0.15) is 4.98 Å². The Hall–Kier alpha value is -1.74. The van der Waals surface area contributed by atoms with Crippen molar-refractivity contribution < 1.29 is 19.8 Å². The first-order valence-corrected chi connectivity index (χ1v) is 7.71. The summed E-state index contributed by atoms with van der Waals surface area (Å²) in [6, 6.07) is 0. The van der Waals surface area contributed by atoms with Crippen LogP contribution in [-0.4, -0.2) is 44.7 Å². The Morgan fingerprint density at radius 1 is 1.57 bits per heavy atom. The zero-order valence-electron chi connectivity index (χ0n) is 12.7. The van der Waals surface area contributed by atoms with Crippen molar-refractivity contribution >= 4 is 5.82 Å². The Labute approximate surface area is 133 Å². The van der Waals surface area contributed by atoms with E-state index >= 15 is 0 Å². The van der Waals surface area contributed by atoms with Gasteiger partial charge in [0.15, 0.2) is 5.82 Å². The molecule has 3 heterocycles. The molecule has 23 heavy (non-hydrogen) atoms. The van der Waals surface area contributed by atoms with E-state index in [2.05, 4.69) is 17.0 Å². The van der Waals surface area contributed by atoms with Crippen LogP contribution >= 0.6 is 0 Å². The molecule has 8 heteroatoms. The first-order chi connectivity index (χ1) is 11.1. The highest BCUT2D eigenvalue weighted by Crippen LogP contribution is 2.29. The van der Waals surface area contributed by atoms with E-state index in [0.717, 1.165) is 18.4 Å². The summed E-state index contributed by atoms with van der Waals surface area (Å²) in [5, 5.41) is 19.0. The molecule has 126 valence electrons. The number of fused-ring (bicyclic) bond motifs is 1. The quantitative estimate of drug-likeness (QED) is 0.661. The van der Waals surface area contributed by atoms with E-state index in [1.165, 1.54) is 4.57 Å². The Kier molecular flexibility index (Phi) is 4.76. The van der Waals surface area contributed by atoms with Crippen molar-refractivity contribution in [3.8, 4) is 0 Å². The predicted octanol–water partition coefficient (Wildman–Crippen LogP) is 0.118. The van der Waals surface area contributed by atoms with Gasteiger partial charge in [0.05, 0.1) is 18.8 Å². The van der Waals surface area contributed by atoms with Gasteiger partial charge in [-0.3, -0.25) is 9.40 Å². The van der Waals surface area contributed by atoms with E-state index < -0.39 is 24.1 Å². The number of hydrogen-bond acceptors (Lipinski definition) is 7. The van der Waals surface area contributed by atoms with Crippen LogP contribution in [0.15, 0.2) is 23.6 Å². The molecule has 3 rings (SSSR count). The molecule has 2 aliphatic rings. The van der Waals surface area contributed by atoms with Gasteiger partial charge in [-0.1, -0.05) is 6.08 Å². The van der Waals surface area contributed by atoms with Gasteiger partial charge < -0.3 is 14.9 Å². The van der Waals surface area contributed by atoms with E-state index in [0.29, 0.717) is 12.2 Å². The molecular weight excluding hydrogens is 302 g/mol. The number of aliphatic hydroxyl groups is 2. The van der Waals surface area contributed by atoms with Crippen LogP contribution in [0.1, 0.15) is 31.1 Å². The molecule has 0 spiro atoms. The zero-order chi connectivity index (χ0) is 16.4. The number of ether oxygens (including phenoxy) is 1. The Morgan fingerprint density at radius 3 is 3.09 bits per heavy atom. The molecule has 0 radical (unpaired) electrons. The highest BCUT2D eigenvalue weighted by molar-refractivity contribution is 5.42. The van der Waals surface area contributed by atoms with Crippen LogP contribution in [0.4, 0.5) is 5.82 Å². The average molecular weight is 323 g/mol. The monoisotopic (exact) mass is 323 g/mol. The minimum absolute atomic E-state index is 0.0199. The summed E-state index contributed by atoms with van der Waals surface area (Å²) in [7, 11) is 0. The molecule has 4 atom stereocenters. The number of hydrogen-bond donors (Lipinski definition) is 3. The Morgan fingerprint density at radius 2 is 2.39 bits per heavy atom. The highest BCUT2D eigenvalue weighted by Gasteiger charge is 2.35. The van der Waals surface area contributed by atoms with Crippen molar-refractivity contribution in [2.24, 2.45) is 0 Å². The van der Waals surface area contributed by atoms with Gasteiger partial charge in [0.1, 0.15) is 12.3 Å². The molecule has 2 unspecified atom stereocenters. The molecule has 3 N–H and O–H groups in total. The summed E-state index contributed by atoms with van der Waals surface area (Å²) in [5.41, 5.74) is 3.09. The molecule has 0 saturated carbocycles. The fourth-order valence-corrected chi connectivity index (χ4v) is 2.89. The number of allylic oxidation sites excluding steroid dienone is 1. The van der Waals surface area contributed by atoms with E-state index in [1.807, 2.05) is 6.08 Å². The van der Waals surface area contributed by atoms with Crippen LogP contribution in [0.25, 0.3) is 0 Å². The number of nitrogens with one attached hydrogen (secondary N) is 1. The summed E-state index contributed by atoms with van der Waals surface area (Å²) in [6.07, 6.45) is 3.94. The Balaban J connectivity index is 1.81. The first-order valence-electron chi connectivity index (χ1n) is 7.71. The summed E-state index contributed by atoms with van der Waals surface area (Å²) >= 11 is 0. The zero-order valence-corrected chi connectivity index (χ0v) is 12.7. The van der Waals surface area contributed by atoms with Crippen molar-refractivity contribution in [2.75, 3.05) is 12.1 Å². The third kappa shape index (κ3) is 3.30. The minimum atomic E-state index is -0.797. The fourth-order valence-electron chi connectivity index (χ4n) is 2.89. The molecule has 0 amide bonds. The van der Waals surface area contributed by atoms with E-state index in [1.54, 1.807) is 6.20 Å². The van der Waals surface area contributed by atoms with Gasteiger partial charge >= 0.3 is 5.69 Å². The lowest BCUT2D eigenvalue weighted by Gasteiger charge is -2.26. The largest absolute Gasteiger partial charge is 0.394 e. The van der Waals surface area contributed by atoms with Gasteiger partial charge in [0.25, 0.3) is 0 Å². The van der Waals surface area contributed by atoms with Crippen LogP contribution in [0, 0.1) is 0 Å². The van der Waals surface area contributed by atoms with Crippen molar-refractivity contribution in [3.63, 3.8) is 0 Å². The topological polar surface area (TPSA) is 106 Å². The van der Waals surface area contributed by atoms with Crippen molar-refractivity contribution in [3.05, 3.63) is 34.9 Å². The van der Waals surface area contributed by atoms with Gasteiger partial charge in [-0.25, -0.2) is 10.3 Å².